The molecule has 0 saturated heterocycles. The zero-order valence-electron chi connectivity index (χ0n) is 25.4. The van der Waals surface area contributed by atoms with E-state index >= 15 is 0 Å². The minimum absolute atomic E-state index is 0.0576. The number of allylic oxidation sites excluding steroid dienone is 1. The number of likely N-dealkylation sites (N-methyl/N-ethyl adjacent to an activating group) is 1. The highest BCUT2D eigenvalue weighted by Gasteiger charge is 2.27. The summed E-state index contributed by atoms with van der Waals surface area (Å²) in [6.07, 6.45) is 21.3. The van der Waals surface area contributed by atoms with E-state index in [2.05, 4.69) is 13.5 Å². The molecule has 0 saturated carbocycles. The van der Waals surface area contributed by atoms with E-state index in [0.717, 1.165) is 38.5 Å². The molecule has 0 aromatic carbocycles. The lowest BCUT2D eigenvalue weighted by atomic mass is 10.0. The number of aliphatic hydroxyl groups is 1. The summed E-state index contributed by atoms with van der Waals surface area (Å²) in [6.45, 7) is 6.74. The zero-order chi connectivity index (χ0) is 28.5. The van der Waals surface area contributed by atoms with Gasteiger partial charge in [0.2, 0.25) is 0 Å². The Morgan fingerprint density at radius 1 is 0.816 bits per heavy atom. The number of hydrogen-bond donors (Lipinski definition) is 1. The minimum atomic E-state index is -4.50. The summed E-state index contributed by atoms with van der Waals surface area (Å²) < 4.78 is 29.6. The van der Waals surface area contributed by atoms with Crippen LogP contribution in [-0.2, 0) is 18.3 Å². The number of hydrogen-bond acceptors (Lipinski definition) is 6. The number of ether oxygens (including phenoxy) is 1. The van der Waals surface area contributed by atoms with Crippen LogP contribution in [0.1, 0.15) is 122 Å². The third-order valence-corrected chi connectivity index (χ3v) is 7.88. The van der Waals surface area contributed by atoms with E-state index in [0.29, 0.717) is 24.1 Å². The Labute approximate surface area is 235 Å². The van der Waals surface area contributed by atoms with E-state index < -0.39 is 20.0 Å². The van der Waals surface area contributed by atoms with Crippen molar-refractivity contribution in [3.8, 4) is 0 Å². The van der Waals surface area contributed by atoms with Crippen molar-refractivity contribution < 1.29 is 32.8 Å². The first-order valence-electron chi connectivity index (χ1n) is 15.4. The van der Waals surface area contributed by atoms with Gasteiger partial charge in [0.05, 0.1) is 33.9 Å². The summed E-state index contributed by atoms with van der Waals surface area (Å²) in [5.74, 6) is 0. The topological polar surface area (TPSA) is 88.0 Å². The lowest BCUT2D eigenvalue weighted by Gasteiger charge is -2.33. The molecule has 0 fully saturated rings. The molecule has 0 amide bonds. The van der Waals surface area contributed by atoms with Gasteiger partial charge in [-0.3, -0.25) is 4.57 Å². The Hall–Kier alpha value is -0.270. The Morgan fingerprint density at radius 3 is 1.82 bits per heavy atom. The van der Waals surface area contributed by atoms with Gasteiger partial charge in [0.15, 0.2) is 0 Å². The third-order valence-electron chi connectivity index (χ3n) is 6.85. The average molecular weight is 564 g/mol. The molecule has 0 heterocycles. The fourth-order valence-electron chi connectivity index (χ4n) is 4.37. The number of rotatable bonds is 29. The van der Waals surface area contributed by atoms with E-state index in [1.807, 2.05) is 27.2 Å². The van der Waals surface area contributed by atoms with Crippen molar-refractivity contribution in [1.29, 1.82) is 0 Å². The summed E-state index contributed by atoms with van der Waals surface area (Å²) >= 11 is 0. The van der Waals surface area contributed by atoms with E-state index in [-0.39, 0.29) is 13.2 Å². The molecular formula is C30H62NO6P. The average Bonchev–Trinajstić information content (AvgIpc) is 2.85. The van der Waals surface area contributed by atoms with Crippen LogP contribution in [0.4, 0.5) is 0 Å². The van der Waals surface area contributed by atoms with Crippen LogP contribution in [0.2, 0.25) is 0 Å². The van der Waals surface area contributed by atoms with Gasteiger partial charge >= 0.3 is 0 Å². The Balaban J connectivity index is 4.40. The molecule has 8 heteroatoms. The van der Waals surface area contributed by atoms with Crippen LogP contribution in [-0.4, -0.2) is 69.3 Å². The minimum Gasteiger partial charge on any atom is -0.756 e. The maximum atomic E-state index is 12.5. The number of quaternary nitrogens is 1. The van der Waals surface area contributed by atoms with Crippen LogP contribution < -0.4 is 4.89 Å². The summed E-state index contributed by atoms with van der Waals surface area (Å²) in [5.41, 5.74) is 0. The largest absolute Gasteiger partial charge is 0.756 e. The van der Waals surface area contributed by atoms with Crippen LogP contribution >= 0.6 is 7.82 Å². The lowest BCUT2D eigenvalue weighted by molar-refractivity contribution is -0.870. The van der Waals surface area contributed by atoms with Crippen molar-refractivity contribution in [2.24, 2.45) is 0 Å². The van der Waals surface area contributed by atoms with Crippen LogP contribution in [0.25, 0.3) is 0 Å². The van der Waals surface area contributed by atoms with Gasteiger partial charge in [-0.25, -0.2) is 0 Å². The molecule has 2 unspecified atom stereocenters. The quantitative estimate of drug-likeness (QED) is 0.0449. The van der Waals surface area contributed by atoms with Gasteiger partial charge in [-0.1, -0.05) is 103 Å². The molecule has 0 spiro atoms. The summed E-state index contributed by atoms with van der Waals surface area (Å²) in [7, 11) is 1.41. The molecule has 0 aliphatic carbocycles. The monoisotopic (exact) mass is 563 g/mol. The molecule has 0 aliphatic heterocycles. The predicted molar refractivity (Wildman–Crippen MR) is 157 cm³/mol. The first-order valence-corrected chi connectivity index (χ1v) is 16.9. The van der Waals surface area contributed by atoms with E-state index in [1.165, 1.54) is 70.6 Å². The highest BCUT2D eigenvalue weighted by molar-refractivity contribution is 7.45. The van der Waals surface area contributed by atoms with E-state index in [9.17, 15) is 14.6 Å². The highest BCUT2D eigenvalue weighted by Crippen LogP contribution is 2.41. The number of aliphatic hydroxyl groups excluding tert-OH is 1. The molecule has 0 aliphatic rings. The highest BCUT2D eigenvalue weighted by atomic mass is 31.2. The van der Waals surface area contributed by atoms with Gasteiger partial charge in [0, 0.05) is 6.61 Å². The summed E-state index contributed by atoms with van der Waals surface area (Å²) in [4.78, 5) is 12.5. The lowest BCUT2D eigenvalue weighted by Crippen LogP contribution is -2.38. The van der Waals surface area contributed by atoms with Crippen molar-refractivity contribution in [2.75, 3.05) is 47.5 Å². The smallest absolute Gasteiger partial charge is 0.268 e. The second kappa shape index (κ2) is 24.5. The van der Waals surface area contributed by atoms with Gasteiger partial charge in [0.25, 0.3) is 7.82 Å². The van der Waals surface area contributed by atoms with Gasteiger partial charge in [-0.2, -0.15) is 0 Å². The first kappa shape index (κ1) is 37.7. The molecule has 1 N–H and O–H groups in total. The van der Waals surface area contributed by atoms with Crippen molar-refractivity contribution in [2.45, 2.75) is 135 Å². The van der Waals surface area contributed by atoms with Gasteiger partial charge in [-0.15, -0.1) is 6.58 Å². The second-order valence-corrected chi connectivity index (χ2v) is 13.1. The third kappa shape index (κ3) is 24.7. The molecule has 38 heavy (non-hydrogen) atoms. The molecule has 228 valence electrons. The van der Waals surface area contributed by atoms with E-state index in [4.69, 9.17) is 13.8 Å². The molecule has 0 aromatic heterocycles. The molecule has 0 bridgehead atoms. The summed E-state index contributed by atoms with van der Waals surface area (Å²) in [5, 5.41) is 9.94. The van der Waals surface area contributed by atoms with Crippen LogP contribution in [0.3, 0.4) is 0 Å². The SMILES string of the molecule is C=CCCCCO[C@@H](CO)C(CCCCCCCCCCCCCCCC)OP(=O)([O-])OCC[N+](C)(C)C. The zero-order valence-corrected chi connectivity index (χ0v) is 26.3. The number of phosphoric acid groups is 1. The Morgan fingerprint density at radius 2 is 1.34 bits per heavy atom. The maximum Gasteiger partial charge on any atom is 0.268 e. The summed E-state index contributed by atoms with van der Waals surface area (Å²) in [6, 6.07) is 0. The van der Waals surface area contributed by atoms with Gasteiger partial charge in [-0.05, 0) is 25.7 Å². The van der Waals surface area contributed by atoms with Crippen molar-refractivity contribution >= 4 is 7.82 Å². The van der Waals surface area contributed by atoms with Gasteiger partial charge < -0.3 is 28.3 Å². The molecule has 7 nitrogen and oxygen atoms in total. The molecular weight excluding hydrogens is 501 g/mol. The van der Waals surface area contributed by atoms with E-state index in [1.54, 1.807) is 0 Å². The fraction of sp³-hybridized carbons (Fsp3) is 0.933. The van der Waals surface area contributed by atoms with Crippen molar-refractivity contribution in [3.05, 3.63) is 12.7 Å². The first-order chi connectivity index (χ1) is 18.1. The molecule has 0 rings (SSSR count). The maximum absolute atomic E-state index is 12.5. The van der Waals surface area contributed by atoms with Crippen LogP contribution in [0, 0.1) is 0 Å². The Bertz CT molecular complexity index is 584. The van der Waals surface area contributed by atoms with Crippen molar-refractivity contribution in [1.82, 2.24) is 0 Å². The Kier molecular flexibility index (Phi) is 24.3. The standard InChI is InChI=1S/C30H62NO6P/c1-6-8-10-12-13-14-15-16-17-18-19-20-21-22-24-29(30(28-32)35-26-23-11-9-7-2)37-38(33,34)36-27-25-31(3,4)5/h7,29-30,32H,2,6,8-28H2,1,3-5H3/t29?,30-/m0/s1. The number of unbranched alkanes of at least 4 members (excludes halogenated alkanes) is 15. The normalized spacial score (nSPS) is 15.3. The second-order valence-electron chi connectivity index (χ2n) is 11.7. The van der Waals surface area contributed by atoms with Crippen LogP contribution in [0.15, 0.2) is 12.7 Å². The molecule has 0 aromatic rings. The number of phosphoric ester groups is 1. The predicted octanol–water partition coefficient (Wildman–Crippen LogP) is 7.17. The van der Waals surface area contributed by atoms with Gasteiger partial charge in [0.1, 0.15) is 19.3 Å². The molecule has 0 radical (unpaired) electrons. The number of nitrogens with zero attached hydrogens (tertiary/aromatic N) is 1. The van der Waals surface area contributed by atoms with Crippen LogP contribution in [0.5, 0.6) is 0 Å². The molecule has 3 atom stereocenters. The van der Waals surface area contributed by atoms with Crippen molar-refractivity contribution in [3.63, 3.8) is 0 Å². The fourth-order valence-corrected chi connectivity index (χ4v) is 5.31.